The number of nitrogens with one attached hydrogen (secondary N) is 1. The molecule has 45 heavy (non-hydrogen) atoms. The summed E-state index contributed by atoms with van der Waals surface area (Å²) < 4.78 is 97.0. The van der Waals surface area contributed by atoms with Crippen LogP contribution < -0.4 is 4.72 Å². The number of nitrogens with zero attached hydrogens (tertiary/aromatic N) is 1. The molecule has 0 saturated heterocycles. The minimum Gasteiger partial charge on any atom is -0.268 e. The van der Waals surface area contributed by atoms with Gasteiger partial charge in [0, 0.05) is 23.1 Å². The summed E-state index contributed by atoms with van der Waals surface area (Å²) in [7, 11) is -8.37. The Kier molecular flexibility index (Phi) is 8.17. The zero-order chi connectivity index (χ0) is 32.8. The highest BCUT2D eigenvalue weighted by atomic mass is 32.2. The van der Waals surface area contributed by atoms with Gasteiger partial charge in [0.1, 0.15) is 0 Å². The van der Waals surface area contributed by atoms with Crippen LogP contribution in [0.25, 0.3) is 10.9 Å². The number of amides is 1. The van der Waals surface area contributed by atoms with Crippen LogP contribution in [0.15, 0.2) is 113 Å². The summed E-state index contributed by atoms with van der Waals surface area (Å²) in [6, 6.07) is 24.0. The standard InChI is InChI=1S/C33H29F3N2O5S2/c1-32(2,3)25-8-7-11-29(21-25)45(42,43)38-27(20-24-19-26(33(34,35)36)16-17-30(24)38)18-22-12-14-23(15-13-22)31(39)37-44(40,41)28-9-5-4-6-10-28/h4-17,19-21H,18H2,1-3H3,(H,37,39). The lowest BCUT2D eigenvalue weighted by molar-refractivity contribution is -0.137. The number of fused-ring (bicyclic) bond motifs is 1. The van der Waals surface area contributed by atoms with E-state index in [0.717, 1.165) is 27.7 Å². The first kappa shape index (κ1) is 32.0. The number of aromatic nitrogens is 1. The van der Waals surface area contributed by atoms with Crippen molar-refractivity contribution in [3.05, 3.63) is 131 Å². The predicted molar refractivity (Wildman–Crippen MR) is 165 cm³/mol. The largest absolute Gasteiger partial charge is 0.416 e. The Bertz CT molecular complexity index is 2120. The SMILES string of the molecule is CC(C)(C)c1cccc(S(=O)(=O)n2c(Cc3ccc(C(=O)NS(=O)(=O)c4ccccc4)cc3)cc3cc(C(F)(F)F)ccc32)c1. The molecule has 12 heteroatoms. The second-order valence-corrected chi connectivity index (χ2v) is 15.0. The lowest BCUT2D eigenvalue weighted by Gasteiger charge is -2.20. The van der Waals surface area contributed by atoms with Crippen molar-refractivity contribution in [3.8, 4) is 0 Å². The normalized spacial score (nSPS) is 12.8. The highest BCUT2D eigenvalue weighted by Gasteiger charge is 2.32. The molecule has 1 amide bonds. The molecule has 234 valence electrons. The van der Waals surface area contributed by atoms with Gasteiger partial charge in [-0.25, -0.2) is 25.5 Å². The molecular weight excluding hydrogens is 626 g/mol. The third-order valence-electron chi connectivity index (χ3n) is 7.28. The molecule has 0 aliphatic heterocycles. The first-order valence-corrected chi connectivity index (χ1v) is 16.7. The highest BCUT2D eigenvalue weighted by molar-refractivity contribution is 7.90. The van der Waals surface area contributed by atoms with Crippen LogP contribution in [0.4, 0.5) is 13.2 Å². The van der Waals surface area contributed by atoms with Crippen molar-refractivity contribution in [2.45, 2.75) is 48.6 Å². The van der Waals surface area contributed by atoms with Crippen LogP contribution >= 0.6 is 0 Å². The molecule has 1 N–H and O–H groups in total. The zero-order valence-corrected chi connectivity index (χ0v) is 26.1. The first-order valence-electron chi connectivity index (χ1n) is 13.8. The van der Waals surface area contributed by atoms with E-state index >= 15 is 0 Å². The molecule has 4 aromatic carbocycles. The molecule has 1 aromatic heterocycles. The summed E-state index contributed by atoms with van der Waals surface area (Å²) in [4.78, 5) is 12.6. The van der Waals surface area contributed by atoms with Crippen LogP contribution in [0.5, 0.6) is 0 Å². The number of benzene rings is 4. The van der Waals surface area contributed by atoms with Crippen molar-refractivity contribution >= 4 is 36.9 Å². The van der Waals surface area contributed by atoms with Gasteiger partial charge in [-0.15, -0.1) is 0 Å². The summed E-state index contributed by atoms with van der Waals surface area (Å²) in [5.74, 6) is -0.861. The molecule has 0 radical (unpaired) electrons. The topological polar surface area (TPSA) is 102 Å². The van der Waals surface area contributed by atoms with Gasteiger partial charge in [0.25, 0.3) is 26.0 Å². The molecule has 0 bridgehead atoms. The summed E-state index contributed by atoms with van der Waals surface area (Å²) in [6.07, 6.45) is -4.64. The Hall–Kier alpha value is -4.42. The number of halogens is 3. The average Bonchev–Trinajstić information content (AvgIpc) is 3.35. The van der Waals surface area contributed by atoms with E-state index in [4.69, 9.17) is 0 Å². The predicted octanol–water partition coefficient (Wildman–Crippen LogP) is 6.90. The molecule has 0 spiro atoms. The van der Waals surface area contributed by atoms with E-state index in [0.29, 0.717) is 5.56 Å². The van der Waals surface area contributed by atoms with E-state index in [-0.39, 0.29) is 43.8 Å². The molecule has 1 heterocycles. The molecule has 5 rings (SSSR count). The lowest BCUT2D eigenvalue weighted by Crippen LogP contribution is -2.30. The molecule has 0 unspecified atom stereocenters. The van der Waals surface area contributed by atoms with Crippen LogP contribution in [0, 0.1) is 0 Å². The maximum absolute atomic E-state index is 14.1. The monoisotopic (exact) mass is 654 g/mol. The number of rotatable bonds is 7. The number of hydrogen-bond donors (Lipinski definition) is 1. The zero-order valence-electron chi connectivity index (χ0n) is 24.5. The van der Waals surface area contributed by atoms with E-state index in [1.165, 1.54) is 60.7 Å². The van der Waals surface area contributed by atoms with E-state index in [9.17, 15) is 34.8 Å². The minimum atomic E-state index is -4.62. The quantitative estimate of drug-likeness (QED) is 0.206. The molecule has 0 aliphatic carbocycles. The Balaban J connectivity index is 1.53. The van der Waals surface area contributed by atoms with Crippen molar-refractivity contribution < 1.29 is 34.8 Å². The average molecular weight is 655 g/mol. The van der Waals surface area contributed by atoms with Gasteiger partial charge < -0.3 is 0 Å². The number of carbonyl (C=O) groups is 1. The third kappa shape index (κ3) is 6.66. The van der Waals surface area contributed by atoms with Crippen molar-refractivity contribution in [3.63, 3.8) is 0 Å². The fraction of sp³-hybridized carbons (Fsp3) is 0.182. The van der Waals surface area contributed by atoms with E-state index < -0.39 is 37.7 Å². The van der Waals surface area contributed by atoms with Crippen LogP contribution in [0.3, 0.4) is 0 Å². The molecule has 0 saturated carbocycles. The van der Waals surface area contributed by atoms with Gasteiger partial charge in [-0.05, 0) is 77.2 Å². The van der Waals surface area contributed by atoms with Crippen molar-refractivity contribution in [2.75, 3.05) is 0 Å². The van der Waals surface area contributed by atoms with Gasteiger partial charge in [0.15, 0.2) is 0 Å². The summed E-state index contributed by atoms with van der Waals surface area (Å²) >= 11 is 0. The van der Waals surface area contributed by atoms with Gasteiger partial charge in [0.05, 0.1) is 20.9 Å². The molecule has 0 fully saturated rings. The van der Waals surface area contributed by atoms with Gasteiger partial charge in [-0.2, -0.15) is 13.2 Å². The fourth-order valence-corrected chi connectivity index (χ4v) is 7.47. The maximum atomic E-state index is 14.1. The summed E-state index contributed by atoms with van der Waals surface area (Å²) in [5.41, 5.74) is 0.367. The van der Waals surface area contributed by atoms with Gasteiger partial charge in [0.2, 0.25) is 0 Å². The van der Waals surface area contributed by atoms with Crippen molar-refractivity contribution in [1.29, 1.82) is 0 Å². The summed E-state index contributed by atoms with van der Waals surface area (Å²) in [6.45, 7) is 5.82. The lowest BCUT2D eigenvalue weighted by atomic mass is 9.87. The Morgan fingerprint density at radius 1 is 0.733 bits per heavy atom. The van der Waals surface area contributed by atoms with E-state index in [1.807, 2.05) is 31.6 Å². The number of sulfonamides is 1. The second kappa shape index (κ2) is 11.5. The number of alkyl halides is 3. The maximum Gasteiger partial charge on any atom is 0.416 e. The van der Waals surface area contributed by atoms with Crippen molar-refractivity contribution in [2.24, 2.45) is 0 Å². The van der Waals surface area contributed by atoms with Crippen LogP contribution in [0.1, 0.15) is 53.5 Å². The molecule has 0 aliphatic rings. The van der Waals surface area contributed by atoms with Crippen molar-refractivity contribution in [1.82, 2.24) is 8.69 Å². The number of hydrogen-bond acceptors (Lipinski definition) is 5. The molecular formula is C33H29F3N2O5S2. The summed E-state index contributed by atoms with van der Waals surface area (Å²) in [5, 5.41) is 0.0949. The van der Waals surface area contributed by atoms with Crippen LogP contribution in [-0.4, -0.2) is 26.7 Å². The molecule has 0 atom stereocenters. The van der Waals surface area contributed by atoms with Gasteiger partial charge in [-0.1, -0.05) is 63.2 Å². The highest BCUT2D eigenvalue weighted by Crippen LogP contribution is 2.35. The number of carbonyl (C=O) groups excluding carboxylic acids is 1. The second-order valence-electron chi connectivity index (χ2n) is 11.6. The van der Waals surface area contributed by atoms with E-state index in [2.05, 4.69) is 0 Å². The first-order chi connectivity index (χ1) is 21.0. The Morgan fingerprint density at radius 2 is 1.38 bits per heavy atom. The fourth-order valence-electron chi connectivity index (χ4n) is 4.88. The Morgan fingerprint density at radius 3 is 2.00 bits per heavy atom. The van der Waals surface area contributed by atoms with Gasteiger partial charge in [-0.3, -0.25) is 4.79 Å². The van der Waals surface area contributed by atoms with Crippen LogP contribution in [0.2, 0.25) is 0 Å². The Labute approximate surface area is 259 Å². The molecule has 5 aromatic rings. The van der Waals surface area contributed by atoms with Crippen LogP contribution in [-0.2, 0) is 38.1 Å². The smallest absolute Gasteiger partial charge is 0.268 e. The van der Waals surface area contributed by atoms with E-state index in [1.54, 1.807) is 18.2 Å². The molecule has 7 nitrogen and oxygen atoms in total. The third-order valence-corrected chi connectivity index (χ3v) is 10.4. The minimum absolute atomic E-state index is 0.0137. The van der Waals surface area contributed by atoms with Gasteiger partial charge >= 0.3 is 6.18 Å².